The summed E-state index contributed by atoms with van der Waals surface area (Å²) in [6, 6.07) is 0. The monoisotopic (exact) mass is 294 g/mol. The minimum atomic E-state index is -0.602. The summed E-state index contributed by atoms with van der Waals surface area (Å²) in [6.07, 6.45) is 5.25. The van der Waals surface area contributed by atoms with E-state index in [0.717, 1.165) is 19.3 Å². The molecule has 21 heavy (non-hydrogen) atoms. The number of fused-ring (bicyclic) bond motifs is 2. The van der Waals surface area contributed by atoms with Crippen LogP contribution in [0.5, 0.6) is 0 Å². The van der Waals surface area contributed by atoms with Crippen LogP contribution in [0, 0.1) is 11.3 Å². The van der Waals surface area contributed by atoms with Crippen molar-refractivity contribution in [3.05, 3.63) is 11.6 Å². The topological polar surface area (TPSA) is 61.8 Å². The molecule has 3 aliphatic rings. The molecule has 116 valence electrons. The van der Waals surface area contributed by atoms with Crippen molar-refractivity contribution < 1.29 is 23.8 Å². The van der Waals surface area contributed by atoms with Gasteiger partial charge in [-0.25, -0.2) is 0 Å². The van der Waals surface area contributed by atoms with Crippen LogP contribution in [0.4, 0.5) is 0 Å². The lowest BCUT2D eigenvalue weighted by molar-refractivity contribution is -0.230. The van der Waals surface area contributed by atoms with Crippen molar-refractivity contribution >= 4 is 11.8 Å². The fraction of sp³-hybridized carbons (Fsp3) is 0.750. The zero-order valence-corrected chi connectivity index (χ0v) is 12.6. The number of hydrogen-bond donors (Lipinski definition) is 0. The molecule has 1 saturated carbocycles. The molecule has 1 saturated heterocycles. The van der Waals surface area contributed by atoms with Crippen molar-refractivity contribution in [3.63, 3.8) is 0 Å². The first-order chi connectivity index (χ1) is 9.99. The van der Waals surface area contributed by atoms with Crippen molar-refractivity contribution in [3.8, 4) is 0 Å². The van der Waals surface area contributed by atoms with Crippen LogP contribution in [0.1, 0.15) is 39.0 Å². The Morgan fingerprint density at radius 1 is 1.38 bits per heavy atom. The van der Waals surface area contributed by atoms with Crippen LogP contribution < -0.4 is 0 Å². The van der Waals surface area contributed by atoms with Crippen molar-refractivity contribution in [1.82, 2.24) is 0 Å². The molecular formula is C16H22O5. The molecule has 2 atom stereocenters. The van der Waals surface area contributed by atoms with Gasteiger partial charge in [-0.3, -0.25) is 9.59 Å². The predicted octanol–water partition coefficient (Wildman–Crippen LogP) is 2.00. The number of hydrogen-bond acceptors (Lipinski definition) is 5. The molecule has 2 fully saturated rings. The van der Waals surface area contributed by atoms with Crippen LogP contribution in [0.3, 0.4) is 0 Å². The summed E-state index contributed by atoms with van der Waals surface area (Å²) in [5.41, 5.74) is 0.406. The smallest absolute Gasteiger partial charge is 0.310 e. The Morgan fingerprint density at radius 3 is 2.76 bits per heavy atom. The van der Waals surface area contributed by atoms with Gasteiger partial charge in [0.05, 0.1) is 26.7 Å². The molecule has 1 heterocycles. The second kappa shape index (κ2) is 5.21. The van der Waals surface area contributed by atoms with E-state index in [1.807, 2.05) is 6.08 Å². The molecule has 0 unspecified atom stereocenters. The molecule has 0 aromatic carbocycles. The van der Waals surface area contributed by atoms with E-state index >= 15 is 0 Å². The summed E-state index contributed by atoms with van der Waals surface area (Å²) >= 11 is 0. The van der Waals surface area contributed by atoms with E-state index in [9.17, 15) is 9.59 Å². The van der Waals surface area contributed by atoms with Gasteiger partial charge in [0.2, 0.25) is 0 Å². The highest BCUT2D eigenvalue weighted by molar-refractivity contribution is 6.00. The summed E-state index contributed by atoms with van der Waals surface area (Å²) in [4.78, 5) is 23.9. The highest BCUT2D eigenvalue weighted by Gasteiger charge is 2.56. The molecule has 0 aromatic rings. The lowest BCUT2D eigenvalue weighted by atomic mass is 9.59. The normalized spacial score (nSPS) is 34.5. The number of rotatable bonds is 2. The van der Waals surface area contributed by atoms with Crippen molar-refractivity contribution in [2.24, 2.45) is 11.3 Å². The predicted molar refractivity (Wildman–Crippen MR) is 74.4 cm³/mol. The number of ketones is 1. The highest BCUT2D eigenvalue weighted by atomic mass is 16.7. The molecule has 5 nitrogen and oxygen atoms in total. The summed E-state index contributed by atoms with van der Waals surface area (Å²) in [6.45, 7) is 3.33. The first-order valence-corrected chi connectivity index (χ1v) is 7.58. The van der Waals surface area contributed by atoms with Gasteiger partial charge >= 0.3 is 5.97 Å². The minimum absolute atomic E-state index is 0.0265. The third-order valence-electron chi connectivity index (χ3n) is 5.13. The molecule has 0 aromatic heterocycles. The van der Waals surface area contributed by atoms with Crippen LogP contribution in [-0.4, -0.2) is 37.9 Å². The standard InChI is InChI=1S/C16H22O5/c1-15-4-3-5-16(20-6-7-21-16)13(15)8-11(12(17)10-15)9-14(18)19-2/h8,13H,3-7,9-10H2,1-2H3/t13-,15+/m0/s1. The van der Waals surface area contributed by atoms with Crippen LogP contribution in [0.2, 0.25) is 0 Å². The van der Waals surface area contributed by atoms with E-state index in [2.05, 4.69) is 11.7 Å². The van der Waals surface area contributed by atoms with Gasteiger partial charge in [-0.05, 0) is 18.3 Å². The maximum Gasteiger partial charge on any atom is 0.310 e. The average molecular weight is 294 g/mol. The Labute approximate surface area is 124 Å². The van der Waals surface area contributed by atoms with Gasteiger partial charge in [0, 0.05) is 24.3 Å². The number of methoxy groups -OCH3 is 1. The molecule has 0 bridgehead atoms. The largest absolute Gasteiger partial charge is 0.469 e. The second-order valence-corrected chi connectivity index (χ2v) is 6.54. The highest BCUT2D eigenvalue weighted by Crippen LogP contribution is 2.55. The Kier molecular flexibility index (Phi) is 3.66. The van der Waals surface area contributed by atoms with Crippen LogP contribution in [0.25, 0.3) is 0 Å². The van der Waals surface area contributed by atoms with E-state index in [0.29, 0.717) is 25.2 Å². The third kappa shape index (κ3) is 2.42. The number of esters is 1. The van der Waals surface area contributed by atoms with Crippen molar-refractivity contribution in [2.45, 2.75) is 44.8 Å². The van der Waals surface area contributed by atoms with Crippen molar-refractivity contribution in [1.29, 1.82) is 0 Å². The first-order valence-electron chi connectivity index (χ1n) is 7.58. The Hall–Kier alpha value is -1.20. The zero-order valence-electron chi connectivity index (χ0n) is 12.6. The number of carbonyl (C=O) groups excluding carboxylic acids is 2. The van der Waals surface area contributed by atoms with Gasteiger partial charge in [0.15, 0.2) is 11.6 Å². The molecule has 2 aliphatic carbocycles. The third-order valence-corrected chi connectivity index (χ3v) is 5.13. The molecule has 1 aliphatic heterocycles. The summed E-state index contributed by atoms with van der Waals surface area (Å²) in [5, 5.41) is 0. The maximum absolute atomic E-state index is 12.4. The van der Waals surface area contributed by atoms with Crippen molar-refractivity contribution in [2.75, 3.05) is 20.3 Å². The van der Waals surface area contributed by atoms with Gasteiger partial charge in [0.1, 0.15) is 0 Å². The van der Waals surface area contributed by atoms with Crippen LogP contribution >= 0.6 is 0 Å². The first kappa shape index (κ1) is 14.7. The van der Waals surface area contributed by atoms with E-state index in [-0.39, 0.29) is 29.5 Å². The SMILES string of the molecule is COC(=O)CC1=C[C@@H]2C3(CCC[C@]2(C)CC1=O)OCCO3. The number of ether oxygens (including phenoxy) is 3. The molecule has 3 rings (SSSR count). The Morgan fingerprint density at radius 2 is 2.10 bits per heavy atom. The van der Waals surface area contributed by atoms with Gasteiger partial charge in [-0.2, -0.15) is 0 Å². The van der Waals surface area contributed by atoms with Gasteiger partial charge in [-0.15, -0.1) is 0 Å². The van der Waals surface area contributed by atoms with Crippen LogP contribution in [0.15, 0.2) is 11.6 Å². The summed E-state index contributed by atoms with van der Waals surface area (Å²) in [5.74, 6) is -0.904. The molecule has 1 spiro atoms. The summed E-state index contributed by atoms with van der Waals surface area (Å²) < 4.78 is 16.6. The molecule has 0 N–H and O–H groups in total. The quantitative estimate of drug-likeness (QED) is 0.729. The Bertz CT molecular complexity index is 489. The fourth-order valence-electron chi connectivity index (χ4n) is 4.06. The molecule has 0 radical (unpaired) electrons. The molecule has 0 amide bonds. The zero-order chi connectivity index (χ0) is 15.1. The Balaban J connectivity index is 1.94. The van der Waals surface area contributed by atoms with E-state index in [4.69, 9.17) is 9.47 Å². The average Bonchev–Trinajstić information content (AvgIpc) is 2.89. The van der Waals surface area contributed by atoms with Gasteiger partial charge < -0.3 is 14.2 Å². The lowest BCUT2D eigenvalue weighted by Gasteiger charge is -2.51. The number of Topliss-reactive ketones (excluding diaryl/α,β-unsaturated/α-hetero) is 1. The maximum atomic E-state index is 12.4. The minimum Gasteiger partial charge on any atom is -0.469 e. The molecule has 5 heteroatoms. The van der Waals surface area contributed by atoms with E-state index in [1.165, 1.54) is 7.11 Å². The number of carbonyl (C=O) groups is 2. The van der Waals surface area contributed by atoms with Crippen LogP contribution in [-0.2, 0) is 23.8 Å². The fourth-order valence-corrected chi connectivity index (χ4v) is 4.06. The van der Waals surface area contributed by atoms with E-state index < -0.39 is 5.79 Å². The van der Waals surface area contributed by atoms with Gasteiger partial charge in [0.25, 0.3) is 0 Å². The second-order valence-electron chi connectivity index (χ2n) is 6.54. The summed E-state index contributed by atoms with van der Waals surface area (Å²) in [7, 11) is 1.34. The lowest BCUT2D eigenvalue weighted by Crippen LogP contribution is -2.52. The van der Waals surface area contributed by atoms with Gasteiger partial charge in [-0.1, -0.05) is 13.0 Å². The van der Waals surface area contributed by atoms with E-state index in [1.54, 1.807) is 0 Å². The molecular weight excluding hydrogens is 272 g/mol.